The van der Waals surface area contributed by atoms with Crippen LogP contribution in [0, 0.1) is 6.92 Å². The van der Waals surface area contributed by atoms with Crippen molar-refractivity contribution < 1.29 is 18.5 Å². The normalized spacial score (nSPS) is 16.9. The molecule has 1 fully saturated rings. The first-order valence-corrected chi connectivity index (χ1v) is 11.4. The third kappa shape index (κ3) is 5.24. The zero-order valence-corrected chi connectivity index (χ0v) is 19.0. The molecule has 0 saturated carbocycles. The predicted molar refractivity (Wildman–Crippen MR) is 124 cm³/mol. The number of carbonyl (C=O) groups is 1. The van der Waals surface area contributed by atoms with Gasteiger partial charge in [-0.1, -0.05) is 12.1 Å². The number of carbonyl (C=O) groups excluding carboxylic acids is 1. The van der Waals surface area contributed by atoms with E-state index in [0.29, 0.717) is 24.7 Å². The molecule has 0 unspecified atom stereocenters. The SMILES string of the molecule is C=NN1CCCO/C1=C(/C)[S@@](N)(=O)=NC(=O)Nc1cc(C)ccc1-c1ccnc(OC)c1. The van der Waals surface area contributed by atoms with E-state index in [0.717, 1.165) is 23.1 Å². The molecule has 1 aliphatic heterocycles. The number of methoxy groups -OCH3 is 1. The van der Waals surface area contributed by atoms with Crippen molar-refractivity contribution in [3.63, 3.8) is 0 Å². The van der Waals surface area contributed by atoms with Gasteiger partial charge in [-0.2, -0.15) is 5.10 Å². The molecule has 2 amide bonds. The number of benzene rings is 1. The number of aromatic nitrogens is 1. The lowest BCUT2D eigenvalue weighted by molar-refractivity contribution is 0.0656. The Bertz CT molecular complexity index is 1190. The second kappa shape index (κ2) is 9.79. The highest BCUT2D eigenvalue weighted by molar-refractivity contribution is 7.95. The van der Waals surface area contributed by atoms with Crippen molar-refractivity contribution in [3.05, 3.63) is 52.9 Å². The molecule has 1 aromatic carbocycles. The maximum atomic E-state index is 13.1. The van der Waals surface area contributed by atoms with Gasteiger partial charge in [0.25, 0.3) is 0 Å². The third-order valence-corrected chi connectivity index (χ3v) is 6.28. The second-order valence-electron chi connectivity index (χ2n) is 7.05. The number of anilines is 1. The van der Waals surface area contributed by atoms with Crippen molar-refractivity contribution in [1.29, 1.82) is 0 Å². The molecule has 1 aromatic heterocycles. The van der Waals surface area contributed by atoms with E-state index in [4.69, 9.17) is 14.6 Å². The molecule has 0 bridgehead atoms. The van der Waals surface area contributed by atoms with Crippen LogP contribution in [0.3, 0.4) is 0 Å². The van der Waals surface area contributed by atoms with Gasteiger partial charge in [-0.15, -0.1) is 4.36 Å². The Morgan fingerprint density at radius 2 is 2.16 bits per heavy atom. The standard InChI is InChI=1S/C21H26N6O4S/c1-14-6-7-17(16-8-9-24-19(13-16)30-4)18(12-14)25-21(28)26-32(22,29)15(2)20-27(23-3)10-5-11-31-20/h6-9,12-13H,3,5,10-11H2,1-2,4H3,(H3,22,25,26,28,29)/b20-15-/t32-/m0/s1. The molecule has 2 aromatic rings. The molecular weight excluding hydrogens is 432 g/mol. The lowest BCUT2D eigenvalue weighted by Crippen LogP contribution is -2.30. The maximum Gasteiger partial charge on any atom is 0.354 e. The van der Waals surface area contributed by atoms with Crippen LogP contribution >= 0.6 is 0 Å². The number of ether oxygens (including phenoxy) is 2. The minimum atomic E-state index is -3.56. The van der Waals surface area contributed by atoms with Crippen LogP contribution in [-0.2, 0) is 14.7 Å². The van der Waals surface area contributed by atoms with E-state index in [2.05, 4.69) is 26.5 Å². The average Bonchev–Trinajstić information content (AvgIpc) is 2.78. The van der Waals surface area contributed by atoms with Crippen LogP contribution in [0.4, 0.5) is 10.5 Å². The number of pyridine rings is 1. The Hall–Kier alpha value is -3.44. The minimum Gasteiger partial charge on any atom is -0.481 e. The van der Waals surface area contributed by atoms with Crippen LogP contribution in [0.25, 0.3) is 11.1 Å². The van der Waals surface area contributed by atoms with E-state index >= 15 is 0 Å². The first kappa shape index (κ1) is 23.2. The zero-order valence-electron chi connectivity index (χ0n) is 18.2. The van der Waals surface area contributed by atoms with Gasteiger partial charge in [0.05, 0.1) is 24.3 Å². The van der Waals surface area contributed by atoms with Crippen LogP contribution in [0.5, 0.6) is 5.88 Å². The van der Waals surface area contributed by atoms with Crippen LogP contribution in [0.15, 0.2) is 56.8 Å². The Morgan fingerprint density at radius 3 is 2.88 bits per heavy atom. The predicted octanol–water partition coefficient (Wildman–Crippen LogP) is 3.47. The van der Waals surface area contributed by atoms with Gasteiger partial charge in [0.1, 0.15) is 9.92 Å². The molecule has 0 aliphatic carbocycles. The first-order chi connectivity index (χ1) is 15.2. The van der Waals surface area contributed by atoms with Crippen LogP contribution in [0.2, 0.25) is 0 Å². The summed E-state index contributed by atoms with van der Waals surface area (Å²) in [6, 6.07) is 8.24. The number of nitrogens with two attached hydrogens (primary N) is 1. The molecule has 0 radical (unpaired) electrons. The number of nitrogens with one attached hydrogen (secondary N) is 1. The number of aryl methyl sites for hydroxylation is 1. The summed E-state index contributed by atoms with van der Waals surface area (Å²) in [7, 11) is -2.04. The fraction of sp³-hybridized carbons (Fsp3) is 0.286. The fourth-order valence-corrected chi connectivity index (χ4v) is 3.98. The highest BCUT2D eigenvalue weighted by atomic mass is 32.2. The molecule has 3 N–H and O–H groups in total. The van der Waals surface area contributed by atoms with Crippen LogP contribution in [0.1, 0.15) is 18.9 Å². The van der Waals surface area contributed by atoms with Crippen molar-refractivity contribution in [1.82, 2.24) is 9.99 Å². The number of hydrogen-bond acceptors (Lipinski definition) is 7. The molecule has 11 heteroatoms. The molecule has 1 atom stereocenters. The summed E-state index contributed by atoms with van der Waals surface area (Å²) in [5.74, 6) is 0.639. The Kier molecular flexibility index (Phi) is 7.11. The number of urea groups is 1. The van der Waals surface area contributed by atoms with Gasteiger partial charge in [0.15, 0.2) is 0 Å². The average molecular weight is 459 g/mol. The third-order valence-electron chi connectivity index (χ3n) is 4.79. The van der Waals surface area contributed by atoms with Gasteiger partial charge in [-0.25, -0.2) is 24.1 Å². The topological polar surface area (TPSA) is 132 Å². The van der Waals surface area contributed by atoms with Crippen LogP contribution in [-0.4, -0.2) is 47.2 Å². The number of nitrogens with zero attached hydrogens (tertiary/aromatic N) is 4. The van der Waals surface area contributed by atoms with Gasteiger partial charge in [0.2, 0.25) is 11.8 Å². The summed E-state index contributed by atoms with van der Waals surface area (Å²) in [5, 5.41) is 13.9. The molecule has 10 nitrogen and oxygen atoms in total. The number of amides is 2. The smallest absolute Gasteiger partial charge is 0.354 e. The van der Waals surface area contributed by atoms with E-state index in [9.17, 15) is 9.00 Å². The molecule has 32 heavy (non-hydrogen) atoms. The van der Waals surface area contributed by atoms with Crippen molar-refractivity contribution >= 4 is 28.4 Å². The highest BCUT2D eigenvalue weighted by Crippen LogP contribution is 2.31. The number of allylic oxidation sites excluding steroid dienone is 1. The summed E-state index contributed by atoms with van der Waals surface area (Å²) in [6.45, 7) is 7.83. The monoisotopic (exact) mass is 458 g/mol. The number of hydrogen-bond donors (Lipinski definition) is 2. The van der Waals surface area contributed by atoms with E-state index in [1.54, 1.807) is 24.4 Å². The number of hydrazone groups is 1. The molecule has 0 spiro atoms. The maximum absolute atomic E-state index is 13.1. The quantitative estimate of drug-likeness (QED) is 0.660. The highest BCUT2D eigenvalue weighted by Gasteiger charge is 2.23. The summed E-state index contributed by atoms with van der Waals surface area (Å²) >= 11 is 0. The van der Waals surface area contributed by atoms with Gasteiger partial charge in [0, 0.05) is 37.5 Å². The Balaban J connectivity index is 1.94. The second-order valence-corrected chi connectivity index (χ2v) is 8.99. The van der Waals surface area contributed by atoms with Crippen molar-refractivity contribution in [2.45, 2.75) is 20.3 Å². The summed E-state index contributed by atoms with van der Waals surface area (Å²) < 4.78 is 27.5. The van der Waals surface area contributed by atoms with Gasteiger partial charge in [-0.05, 0) is 37.1 Å². The van der Waals surface area contributed by atoms with Crippen molar-refractivity contribution in [2.75, 3.05) is 25.6 Å². The largest absolute Gasteiger partial charge is 0.481 e. The van der Waals surface area contributed by atoms with E-state index in [-0.39, 0.29) is 10.8 Å². The Morgan fingerprint density at radius 1 is 1.38 bits per heavy atom. The Labute approximate surface area is 187 Å². The minimum absolute atomic E-state index is 0.114. The molecule has 2 heterocycles. The van der Waals surface area contributed by atoms with E-state index in [1.807, 2.05) is 19.1 Å². The summed E-state index contributed by atoms with van der Waals surface area (Å²) in [5.41, 5.74) is 2.90. The van der Waals surface area contributed by atoms with E-state index in [1.165, 1.54) is 19.0 Å². The molecule has 1 aliphatic rings. The van der Waals surface area contributed by atoms with Gasteiger partial charge in [-0.3, -0.25) is 0 Å². The lowest BCUT2D eigenvalue weighted by atomic mass is 10.0. The first-order valence-electron chi connectivity index (χ1n) is 9.80. The van der Waals surface area contributed by atoms with Crippen molar-refractivity contribution in [3.8, 4) is 17.0 Å². The van der Waals surface area contributed by atoms with Gasteiger partial charge >= 0.3 is 6.03 Å². The van der Waals surface area contributed by atoms with E-state index < -0.39 is 15.9 Å². The molecular formula is C21H26N6O4S. The summed E-state index contributed by atoms with van der Waals surface area (Å²) in [4.78, 5) is 16.9. The molecule has 170 valence electrons. The number of rotatable bonds is 5. The van der Waals surface area contributed by atoms with Crippen LogP contribution < -0.4 is 15.2 Å². The molecule has 1 saturated heterocycles. The zero-order chi connectivity index (χ0) is 23.3. The molecule has 3 rings (SSSR count). The van der Waals surface area contributed by atoms with Crippen molar-refractivity contribution in [2.24, 2.45) is 14.6 Å². The summed E-state index contributed by atoms with van der Waals surface area (Å²) in [6.07, 6.45) is 2.34. The van der Waals surface area contributed by atoms with Gasteiger partial charge < -0.3 is 14.8 Å². The fourth-order valence-electron chi connectivity index (χ4n) is 3.13. The lowest BCUT2D eigenvalue weighted by Gasteiger charge is -2.28.